The number of carboxylic acid groups (broad SMARTS) is 2. The van der Waals surface area contributed by atoms with E-state index in [9.17, 15) is 25.1 Å². The predicted molar refractivity (Wildman–Crippen MR) is 188 cm³/mol. The first-order valence-corrected chi connectivity index (χ1v) is 16.7. The molecule has 0 bridgehead atoms. The second kappa shape index (κ2) is 17.1. The summed E-state index contributed by atoms with van der Waals surface area (Å²) in [5, 5.41) is 32.0. The van der Waals surface area contributed by atoms with Crippen LogP contribution in [-0.2, 0) is 6.42 Å². The molecule has 0 aliphatic carbocycles. The molecule has 0 saturated carbocycles. The molecule has 1 heterocycles. The molecule has 5 aromatic rings. The summed E-state index contributed by atoms with van der Waals surface area (Å²) in [6, 6.07) is 41.1. The van der Waals surface area contributed by atoms with E-state index in [4.69, 9.17) is 0 Å². The van der Waals surface area contributed by atoms with Gasteiger partial charge in [-0.25, -0.2) is 0 Å². The van der Waals surface area contributed by atoms with Gasteiger partial charge in [-0.15, -0.1) is 0 Å². The number of nitrogens with zero attached hydrogens (tertiary/aromatic N) is 2. The highest BCUT2D eigenvalue weighted by Gasteiger charge is 2.27. The molecule has 0 spiro atoms. The van der Waals surface area contributed by atoms with Crippen molar-refractivity contribution in [3.05, 3.63) is 155 Å². The molecule has 0 saturated heterocycles. The minimum atomic E-state index is -1.56. The lowest BCUT2D eigenvalue weighted by Crippen LogP contribution is -2.51. The Bertz CT molecular complexity index is 1880. The molecule has 1 aliphatic heterocycles. The predicted octanol–water partition coefficient (Wildman–Crippen LogP) is 4.50. The molecule has 6 N–H and O–H groups in total. The average Bonchev–Trinajstić information content (AvgIpc) is 3.11. The Labute approximate surface area is 291 Å². The van der Waals surface area contributed by atoms with Crippen LogP contribution in [0.25, 0.3) is 0 Å². The van der Waals surface area contributed by atoms with Gasteiger partial charge in [0.15, 0.2) is 0 Å². The van der Waals surface area contributed by atoms with Crippen molar-refractivity contribution in [2.75, 3.05) is 4.90 Å². The van der Waals surface area contributed by atoms with Gasteiger partial charge in [0.25, 0.3) is 0 Å². The van der Waals surface area contributed by atoms with Gasteiger partial charge < -0.3 is 36.2 Å². The van der Waals surface area contributed by atoms with Crippen LogP contribution in [0, 0.1) is 11.3 Å². The topological polar surface area (TPSA) is 163 Å². The van der Waals surface area contributed by atoms with Crippen LogP contribution in [0.15, 0.2) is 131 Å². The van der Waals surface area contributed by atoms with E-state index in [1.807, 2.05) is 79.7 Å². The van der Waals surface area contributed by atoms with Gasteiger partial charge in [0.2, 0.25) is 0 Å². The van der Waals surface area contributed by atoms with Crippen LogP contribution >= 0.6 is 11.8 Å². The summed E-state index contributed by atoms with van der Waals surface area (Å²) in [5.41, 5.74) is 12.7. The summed E-state index contributed by atoms with van der Waals surface area (Å²) in [5.74, 6) is -3.11. The van der Waals surface area contributed by atoms with Gasteiger partial charge in [-0.05, 0) is 69.2 Å². The Morgan fingerprint density at radius 1 is 0.694 bits per heavy atom. The third kappa shape index (κ3) is 9.58. The van der Waals surface area contributed by atoms with E-state index >= 15 is 0 Å². The summed E-state index contributed by atoms with van der Waals surface area (Å²) >= 11 is 1.63. The fourth-order valence-electron chi connectivity index (χ4n) is 5.39. The Hall–Kier alpha value is -5.40. The molecule has 250 valence electrons. The Morgan fingerprint density at radius 3 is 1.73 bits per heavy atom. The summed E-state index contributed by atoms with van der Waals surface area (Å²) in [6.07, 6.45) is 0.447. The SMILES string of the molecule is C[C@@H](Cc1ccc(C(=O)[O-])c(C(=O)[O-])c1)N1c2ccccc2Sc2ccc(C#N)cc21.C[C@H]([NH3+])c1ccccc1.C[C@H]([NH3+])c1ccccc1. The normalized spacial score (nSPS) is 13.0. The average molecular weight is 673 g/mol. The van der Waals surface area contributed by atoms with Crippen LogP contribution in [0.2, 0.25) is 0 Å². The Morgan fingerprint density at radius 2 is 1.22 bits per heavy atom. The van der Waals surface area contributed by atoms with E-state index in [1.54, 1.807) is 23.9 Å². The third-order valence-corrected chi connectivity index (χ3v) is 9.06. The molecule has 49 heavy (non-hydrogen) atoms. The molecular weight excluding hydrogens is 633 g/mol. The fraction of sp³-hybridized carbons (Fsp3) is 0.175. The highest BCUT2D eigenvalue weighted by molar-refractivity contribution is 7.99. The summed E-state index contributed by atoms with van der Waals surface area (Å²) in [7, 11) is 0. The zero-order chi connectivity index (χ0) is 35.5. The van der Waals surface area contributed by atoms with Crippen LogP contribution < -0.4 is 26.6 Å². The lowest BCUT2D eigenvalue weighted by Gasteiger charge is -2.37. The number of carbonyl (C=O) groups excluding carboxylic acids is 2. The number of quaternary nitrogens is 2. The Balaban J connectivity index is 0.000000243. The van der Waals surface area contributed by atoms with Gasteiger partial charge in [-0.3, -0.25) is 0 Å². The number of aromatic carboxylic acids is 2. The number of carboxylic acids is 2. The molecule has 9 heteroatoms. The molecule has 0 unspecified atom stereocenters. The standard InChI is InChI=1S/C24H18N2O4S.2C8H11N/c1-14(10-15-6-8-17(23(27)28)18(11-15)24(29)30)26-19-4-2-3-5-21(19)31-22-9-7-16(13-25)12-20(22)26;2*1-7(9)8-5-3-2-4-6-8/h2-9,11-12,14H,10H2,1H3,(H,27,28)(H,29,30);2*2-7H,9H2,1H3/t14-;2*7-/m000/s1. The van der Waals surface area contributed by atoms with E-state index in [2.05, 4.69) is 60.5 Å². The number of fused-ring (bicyclic) bond motifs is 2. The first-order chi connectivity index (χ1) is 23.5. The first-order valence-electron chi connectivity index (χ1n) is 15.9. The lowest BCUT2D eigenvalue weighted by atomic mass is 9.98. The zero-order valence-corrected chi connectivity index (χ0v) is 28.7. The number of rotatable bonds is 7. The molecule has 0 aromatic heterocycles. The van der Waals surface area contributed by atoms with Crippen molar-refractivity contribution in [1.82, 2.24) is 0 Å². The molecule has 0 amide bonds. The van der Waals surface area contributed by atoms with Gasteiger partial charge >= 0.3 is 0 Å². The number of benzene rings is 5. The molecule has 8 nitrogen and oxygen atoms in total. The van der Waals surface area contributed by atoms with Gasteiger partial charge in [0, 0.05) is 38.1 Å². The molecule has 3 atom stereocenters. The summed E-state index contributed by atoms with van der Waals surface area (Å²) < 4.78 is 0. The van der Waals surface area contributed by atoms with Crippen LogP contribution in [0.4, 0.5) is 11.4 Å². The number of anilines is 2. The van der Waals surface area contributed by atoms with Gasteiger partial charge in [0.05, 0.1) is 34.9 Å². The van der Waals surface area contributed by atoms with Crippen molar-refractivity contribution >= 4 is 35.1 Å². The Kier molecular flexibility index (Phi) is 12.7. The van der Waals surface area contributed by atoms with Crippen molar-refractivity contribution in [2.45, 2.75) is 55.1 Å². The van der Waals surface area contributed by atoms with E-state index in [-0.39, 0.29) is 6.04 Å². The van der Waals surface area contributed by atoms with Crippen LogP contribution in [0.1, 0.15) is 75.8 Å². The molecule has 6 rings (SSSR count). The number of carbonyl (C=O) groups is 2. The zero-order valence-electron chi connectivity index (χ0n) is 27.8. The van der Waals surface area contributed by atoms with Crippen molar-refractivity contribution in [1.29, 1.82) is 5.26 Å². The first kappa shape index (κ1) is 36.4. The van der Waals surface area contributed by atoms with Gasteiger partial charge in [0.1, 0.15) is 12.1 Å². The molecule has 0 radical (unpaired) electrons. The highest BCUT2D eigenvalue weighted by atomic mass is 32.2. The smallest absolute Gasteiger partial charge is 0.107 e. The largest absolute Gasteiger partial charge is 0.545 e. The lowest BCUT2D eigenvalue weighted by molar-refractivity contribution is -0.420. The number of nitriles is 1. The van der Waals surface area contributed by atoms with Crippen molar-refractivity contribution in [3.63, 3.8) is 0 Å². The second-order valence-electron chi connectivity index (χ2n) is 11.9. The molecule has 1 aliphatic rings. The van der Waals surface area contributed by atoms with Crippen molar-refractivity contribution in [3.8, 4) is 6.07 Å². The molecule has 0 fully saturated rings. The second-order valence-corrected chi connectivity index (χ2v) is 12.9. The highest BCUT2D eigenvalue weighted by Crippen LogP contribution is 2.49. The molecular formula is C40H40N4O4S. The van der Waals surface area contributed by atoms with E-state index < -0.39 is 23.1 Å². The van der Waals surface area contributed by atoms with Gasteiger partial charge in [-0.1, -0.05) is 96.7 Å². The maximum Gasteiger partial charge on any atom is 0.107 e. The maximum absolute atomic E-state index is 11.4. The van der Waals surface area contributed by atoms with Gasteiger partial charge in [-0.2, -0.15) is 5.26 Å². The monoisotopic (exact) mass is 672 g/mol. The minimum Gasteiger partial charge on any atom is -0.545 e. The minimum absolute atomic E-state index is 0.113. The van der Waals surface area contributed by atoms with E-state index in [0.717, 1.165) is 21.2 Å². The summed E-state index contributed by atoms with van der Waals surface area (Å²) in [4.78, 5) is 26.9. The van der Waals surface area contributed by atoms with E-state index in [1.165, 1.54) is 23.3 Å². The number of hydrogen-bond donors (Lipinski definition) is 2. The fourth-order valence-corrected chi connectivity index (χ4v) is 6.44. The van der Waals surface area contributed by atoms with Crippen LogP contribution in [0.5, 0.6) is 0 Å². The van der Waals surface area contributed by atoms with Crippen LogP contribution in [0.3, 0.4) is 0 Å². The maximum atomic E-state index is 11.4. The summed E-state index contributed by atoms with van der Waals surface area (Å²) in [6.45, 7) is 6.19. The number of para-hydroxylation sites is 1. The van der Waals surface area contributed by atoms with Crippen molar-refractivity contribution in [2.24, 2.45) is 0 Å². The quantitative estimate of drug-likeness (QED) is 0.257. The third-order valence-electron chi connectivity index (χ3n) is 7.93. The van der Waals surface area contributed by atoms with Crippen LogP contribution in [-0.4, -0.2) is 18.0 Å². The van der Waals surface area contributed by atoms with E-state index in [0.29, 0.717) is 29.6 Å². The van der Waals surface area contributed by atoms with Crippen molar-refractivity contribution < 1.29 is 31.3 Å². The number of hydrogen-bond acceptors (Lipinski definition) is 7. The molecule has 5 aromatic carbocycles.